The van der Waals surface area contributed by atoms with Gasteiger partial charge < -0.3 is 10.2 Å². The third-order valence-electron chi connectivity index (χ3n) is 4.53. The predicted octanol–water partition coefficient (Wildman–Crippen LogP) is 4.37. The second-order valence-electron chi connectivity index (χ2n) is 6.34. The number of benzene rings is 1. The lowest BCUT2D eigenvalue weighted by molar-refractivity contribution is 0.301. The Labute approximate surface area is 124 Å². The number of hydrogen-bond donors (Lipinski definition) is 1. The number of rotatable bonds is 6. The van der Waals surface area contributed by atoms with Gasteiger partial charge in [-0.25, -0.2) is 0 Å². The number of hydrogen-bond acceptors (Lipinski definition) is 2. The van der Waals surface area contributed by atoms with Crippen molar-refractivity contribution in [1.29, 1.82) is 0 Å². The molecule has 1 aliphatic rings. The van der Waals surface area contributed by atoms with Gasteiger partial charge in [-0.15, -0.1) is 0 Å². The molecule has 1 saturated carbocycles. The summed E-state index contributed by atoms with van der Waals surface area (Å²) < 4.78 is 0. The number of anilines is 1. The van der Waals surface area contributed by atoms with E-state index in [4.69, 9.17) is 0 Å². The molecule has 1 N–H and O–H groups in total. The average molecular weight is 274 g/mol. The first-order chi connectivity index (χ1) is 9.70. The van der Waals surface area contributed by atoms with Crippen molar-refractivity contribution in [3.63, 3.8) is 0 Å². The normalized spacial score (nSPS) is 17.9. The summed E-state index contributed by atoms with van der Waals surface area (Å²) in [5, 5.41) is 3.69. The van der Waals surface area contributed by atoms with Gasteiger partial charge in [0.2, 0.25) is 0 Å². The van der Waals surface area contributed by atoms with Crippen LogP contribution >= 0.6 is 0 Å². The summed E-state index contributed by atoms with van der Waals surface area (Å²) in [5.74, 6) is 0.913. The fraction of sp³-hybridized carbons (Fsp3) is 0.667. The molecule has 2 nitrogen and oxygen atoms in total. The van der Waals surface area contributed by atoms with Crippen LogP contribution < -0.4 is 10.2 Å². The summed E-state index contributed by atoms with van der Waals surface area (Å²) in [7, 11) is 4.23. The number of nitrogens with one attached hydrogen (secondary N) is 1. The molecule has 112 valence electrons. The van der Waals surface area contributed by atoms with E-state index in [1.165, 1.54) is 49.8 Å². The maximum absolute atomic E-state index is 3.69. The highest BCUT2D eigenvalue weighted by Gasteiger charge is 2.19. The van der Waals surface area contributed by atoms with Crippen molar-refractivity contribution in [2.24, 2.45) is 5.92 Å². The van der Waals surface area contributed by atoms with Gasteiger partial charge in [0, 0.05) is 25.8 Å². The minimum absolute atomic E-state index is 0.517. The highest BCUT2D eigenvalue weighted by Crippen LogP contribution is 2.32. The molecule has 0 spiro atoms. The van der Waals surface area contributed by atoms with E-state index in [0.29, 0.717) is 6.04 Å². The lowest BCUT2D eigenvalue weighted by Gasteiger charge is -2.28. The van der Waals surface area contributed by atoms with E-state index in [0.717, 1.165) is 12.5 Å². The molecule has 20 heavy (non-hydrogen) atoms. The third kappa shape index (κ3) is 4.24. The molecule has 0 radical (unpaired) electrons. The highest BCUT2D eigenvalue weighted by atomic mass is 15.1. The van der Waals surface area contributed by atoms with E-state index in [1.807, 2.05) is 0 Å². The van der Waals surface area contributed by atoms with Crippen LogP contribution in [0.3, 0.4) is 0 Å². The van der Waals surface area contributed by atoms with E-state index in [2.05, 4.69) is 55.5 Å². The first-order valence-corrected chi connectivity index (χ1v) is 8.21. The summed E-state index contributed by atoms with van der Waals surface area (Å²) in [6, 6.07) is 9.52. The topological polar surface area (TPSA) is 15.3 Å². The largest absolute Gasteiger partial charge is 0.378 e. The summed E-state index contributed by atoms with van der Waals surface area (Å²) in [6.07, 6.45) is 8.45. The quantitative estimate of drug-likeness (QED) is 0.828. The smallest absolute Gasteiger partial charge is 0.0364 e. The standard InChI is InChI=1S/C18H30N2/c1-4-19-18(13-15-9-6-5-7-10-15)16-11-8-12-17(14-16)20(2)3/h8,11-12,14-15,18-19H,4-7,9-10,13H2,1-3H3. The van der Waals surface area contributed by atoms with Crippen LogP contribution in [0.2, 0.25) is 0 Å². The van der Waals surface area contributed by atoms with E-state index in [-0.39, 0.29) is 0 Å². The Bertz CT molecular complexity index is 394. The van der Waals surface area contributed by atoms with Crippen molar-refractivity contribution < 1.29 is 0 Å². The zero-order valence-corrected chi connectivity index (χ0v) is 13.4. The van der Waals surface area contributed by atoms with Gasteiger partial charge in [-0.1, -0.05) is 51.2 Å². The van der Waals surface area contributed by atoms with Crippen LogP contribution in [-0.2, 0) is 0 Å². The second kappa shape index (κ2) is 7.68. The molecule has 0 aromatic heterocycles. The van der Waals surface area contributed by atoms with Gasteiger partial charge in [-0.2, -0.15) is 0 Å². The zero-order chi connectivity index (χ0) is 14.4. The number of nitrogens with zero attached hydrogens (tertiary/aromatic N) is 1. The molecule has 0 aliphatic heterocycles. The predicted molar refractivity (Wildman–Crippen MR) is 88.4 cm³/mol. The molecule has 0 saturated heterocycles. The Balaban J connectivity index is 2.08. The Morgan fingerprint density at radius 1 is 1.20 bits per heavy atom. The van der Waals surface area contributed by atoms with Crippen molar-refractivity contribution >= 4 is 5.69 Å². The summed E-state index contributed by atoms with van der Waals surface area (Å²) >= 11 is 0. The van der Waals surface area contributed by atoms with Crippen LogP contribution in [0.15, 0.2) is 24.3 Å². The first-order valence-electron chi connectivity index (χ1n) is 8.21. The molecular formula is C18H30N2. The minimum atomic E-state index is 0.517. The fourth-order valence-corrected chi connectivity index (χ4v) is 3.36. The van der Waals surface area contributed by atoms with Gasteiger partial charge in [0.25, 0.3) is 0 Å². The lowest BCUT2D eigenvalue weighted by atomic mass is 9.83. The van der Waals surface area contributed by atoms with Crippen molar-refractivity contribution in [3.8, 4) is 0 Å². The van der Waals surface area contributed by atoms with Crippen LogP contribution in [0.1, 0.15) is 57.1 Å². The maximum Gasteiger partial charge on any atom is 0.0364 e. The van der Waals surface area contributed by atoms with Gasteiger partial charge >= 0.3 is 0 Å². The van der Waals surface area contributed by atoms with Crippen molar-refractivity contribution in [3.05, 3.63) is 29.8 Å². The maximum atomic E-state index is 3.69. The average Bonchev–Trinajstić information content (AvgIpc) is 2.48. The Hall–Kier alpha value is -1.02. The van der Waals surface area contributed by atoms with Crippen LogP contribution in [0.25, 0.3) is 0 Å². The van der Waals surface area contributed by atoms with Gasteiger partial charge in [-0.05, 0) is 36.6 Å². The fourth-order valence-electron chi connectivity index (χ4n) is 3.36. The zero-order valence-electron chi connectivity index (χ0n) is 13.4. The van der Waals surface area contributed by atoms with Crippen molar-refractivity contribution in [1.82, 2.24) is 5.32 Å². The molecule has 0 amide bonds. The van der Waals surface area contributed by atoms with Gasteiger partial charge in [-0.3, -0.25) is 0 Å². The molecule has 0 bridgehead atoms. The van der Waals surface area contributed by atoms with Gasteiger partial charge in [0.1, 0.15) is 0 Å². The first kappa shape index (κ1) is 15.4. The molecule has 1 aromatic carbocycles. The lowest BCUT2D eigenvalue weighted by Crippen LogP contribution is -2.24. The second-order valence-corrected chi connectivity index (χ2v) is 6.34. The molecule has 0 heterocycles. The van der Waals surface area contributed by atoms with Crippen LogP contribution in [-0.4, -0.2) is 20.6 Å². The summed E-state index contributed by atoms with van der Waals surface area (Å²) in [6.45, 7) is 3.26. The van der Waals surface area contributed by atoms with Gasteiger partial charge in [0.05, 0.1) is 0 Å². The summed E-state index contributed by atoms with van der Waals surface area (Å²) in [4.78, 5) is 2.19. The van der Waals surface area contributed by atoms with E-state index in [1.54, 1.807) is 0 Å². The highest BCUT2D eigenvalue weighted by molar-refractivity contribution is 5.47. The Kier molecular flexibility index (Phi) is 5.90. The molecule has 1 fully saturated rings. The van der Waals surface area contributed by atoms with Crippen molar-refractivity contribution in [2.45, 2.75) is 51.5 Å². The van der Waals surface area contributed by atoms with E-state index in [9.17, 15) is 0 Å². The van der Waals surface area contributed by atoms with Crippen LogP contribution in [0.5, 0.6) is 0 Å². The third-order valence-corrected chi connectivity index (χ3v) is 4.53. The Morgan fingerprint density at radius 3 is 2.60 bits per heavy atom. The molecule has 1 aliphatic carbocycles. The molecular weight excluding hydrogens is 244 g/mol. The van der Waals surface area contributed by atoms with Crippen LogP contribution in [0.4, 0.5) is 5.69 Å². The van der Waals surface area contributed by atoms with E-state index < -0.39 is 0 Å². The molecule has 1 atom stereocenters. The molecule has 2 heteroatoms. The molecule has 2 rings (SSSR count). The Morgan fingerprint density at radius 2 is 1.95 bits per heavy atom. The SMILES string of the molecule is CCNC(CC1CCCCC1)c1cccc(N(C)C)c1. The van der Waals surface area contributed by atoms with E-state index >= 15 is 0 Å². The van der Waals surface area contributed by atoms with Crippen molar-refractivity contribution in [2.75, 3.05) is 25.5 Å². The molecule has 1 aromatic rings. The summed E-state index contributed by atoms with van der Waals surface area (Å²) in [5.41, 5.74) is 2.75. The minimum Gasteiger partial charge on any atom is -0.378 e. The monoisotopic (exact) mass is 274 g/mol. The molecule has 1 unspecified atom stereocenters. The van der Waals surface area contributed by atoms with Gasteiger partial charge in [0.15, 0.2) is 0 Å². The van der Waals surface area contributed by atoms with Crippen LogP contribution in [0, 0.1) is 5.92 Å².